The van der Waals surface area contributed by atoms with Crippen LogP contribution >= 0.6 is 0 Å². The molecule has 0 spiro atoms. The van der Waals surface area contributed by atoms with Crippen LogP contribution in [-0.4, -0.2) is 48.3 Å². The summed E-state index contributed by atoms with van der Waals surface area (Å²) in [5, 5.41) is 3.82. The lowest BCUT2D eigenvalue weighted by molar-refractivity contribution is 0.00433. The lowest BCUT2D eigenvalue weighted by Gasteiger charge is -2.50. The Morgan fingerprint density at radius 1 is 1.28 bits per heavy atom. The van der Waals surface area contributed by atoms with Crippen molar-refractivity contribution >= 4 is 0 Å². The molecule has 2 saturated heterocycles. The summed E-state index contributed by atoms with van der Waals surface area (Å²) in [5.41, 5.74) is 0.327. The van der Waals surface area contributed by atoms with E-state index in [0.717, 1.165) is 13.2 Å². The normalized spacial score (nSPS) is 37.0. The monoisotopic (exact) mass is 254 g/mol. The van der Waals surface area contributed by atoms with Gasteiger partial charge in [0.1, 0.15) is 0 Å². The molecule has 0 amide bonds. The summed E-state index contributed by atoms with van der Waals surface area (Å²) >= 11 is 0. The van der Waals surface area contributed by atoms with Crippen molar-refractivity contribution in [2.45, 2.75) is 77.1 Å². The number of piperazine rings is 1. The first kappa shape index (κ1) is 14.3. The maximum absolute atomic E-state index is 5.78. The van der Waals surface area contributed by atoms with E-state index >= 15 is 0 Å². The summed E-state index contributed by atoms with van der Waals surface area (Å²) < 4.78 is 5.78. The first-order chi connectivity index (χ1) is 8.65. The Morgan fingerprint density at radius 3 is 2.50 bits per heavy atom. The van der Waals surface area contributed by atoms with E-state index in [2.05, 4.69) is 37.9 Å². The zero-order chi connectivity index (χ0) is 13.2. The zero-order valence-corrected chi connectivity index (χ0v) is 12.5. The summed E-state index contributed by atoms with van der Waals surface area (Å²) in [6.07, 6.45) is 5.29. The number of hydrogen-bond acceptors (Lipinski definition) is 3. The highest BCUT2D eigenvalue weighted by Gasteiger charge is 2.41. The first-order valence-corrected chi connectivity index (χ1v) is 7.78. The smallest absolute Gasteiger partial charge is 0.0703 e. The molecule has 0 aromatic heterocycles. The molecule has 106 valence electrons. The Bertz CT molecular complexity index is 265. The minimum atomic E-state index is 0.327. The second-order valence-corrected chi connectivity index (χ2v) is 6.03. The van der Waals surface area contributed by atoms with Crippen molar-refractivity contribution in [3.63, 3.8) is 0 Å². The van der Waals surface area contributed by atoms with E-state index in [1.54, 1.807) is 0 Å². The Morgan fingerprint density at radius 2 is 2.00 bits per heavy atom. The predicted octanol–water partition coefficient (Wildman–Crippen LogP) is 2.41. The number of rotatable bonds is 4. The van der Waals surface area contributed by atoms with Gasteiger partial charge in [-0.3, -0.25) is 4.90 Å². The fraction of sp³-hybridized carbons (Fsp3) is 1.00. The second kappa shape index (κ2) is 5.89. The van der Waals surface area contributed by atoms with Crippen LogP contribution in [0, 0.1) is 0 Å². The Labute approximate surface area is 112 Å². The highest BCUT2D eigenvalue weighted by Crippen LogP contribution is 2.30. The molecule has 0 aromatic rings. The van der Waals surface area contributed by atoms with Crippen LogP contribution < -0.4 is 5.32 Å². The van der Waals surface area contributed by atoms with Gasteiger partial charge in [-0.1, -0.05) is 20.8 Å². The van der Waals surface area contributed by atoms with Crippen molar-refractivity contribution in [1.82, 2.24) is 10.2 Å². The first-order valence-electron chi connectivity index (χ1n) is 7.78. The van der Waals surface area contributed by atoms with Crippen LogP contribution in [0.2, 0.25) is 0 Å². The quantitative estimate of drug-likeness (QED) is 0.834. The van der Waals surface area contributed by atoms with Crippen LogP contribution in [0.3, 0.4) is 0 Å². The van der Waals surface area contributed by atoms with Crippen LogP contribution in [0.4, 0.5) is 0 Å². The van der Waals surface area contributed by atoms with Gasteiger partial charge in [0.15, 0.2) is 0 Å². The number of ether oxygens (including phenoxy) is 1. The third kappa shape index (κ3) is 2.59. The zero-order valence-electron chi connectivity index (χ0n) is 12.5. The summed E-state index contributed by atoms with van der Waals surface area (Å²) in [6, 6.07) is 1.32. The Balaban J connectivity index is 2.12. The average Bonchev–Trinajstić information content (AvgIpc) is 2.84. The summed E-state index contributed by atoms with van der Waals surface area (Å²) in [4.78, 5) is 2.75. The van der Waals surface area contributed by atoms with Gasteiger partial charge >= 0.3 is 0 Å². The van der Waals surface area contributed by atoms with Gasteiger partial charge in [0.25, 0.3) is 0 Å². The molecule has 3 nitrogen and oxygen atoms in total. The molecule has 0 radical (unpaired) electrons. The van der Waals surface area contributed by atoms with E-state index in [0.29, 0.717) is 23.7 Å². The highest BCUT2D eigenvalue weighted by molar-refractivity contribution is 5.00. The molecule has 0 bridgehead atoms. The largest absolute Gasteiger partial charge is 0.377 e. The highest BCUT2D eigenvalue weighted by atomic mass is 16.5. The van der Waals surface area contributed by atoms with E-state index in [-0.39, 0.29) is 0 Å². The van der Waals surface area contributed by atoms with Gasteiger partial charge in [-0.05, 0) is 32.6 Å². The number of nitrogens with zero attached hydrogens (tertiary/aromatic N) is 1. The minimum Gasteiger partial charge on any atom is -0.377 e. The Hall–Kier alpha value is -0.120. The molecular weight excluding hydrogens is 224 g/mol. The van der Waals surface area contributed by atoms with Crippen molar-refractivity contribution in [3.05, 3.63) is 0 Å². The van der Waals surface area contributed by atoms with E-state index in [1.165, 1.54) is 32.2 Å². The van der Waals surface area contributed by atoms with Gasteiger partial charge in [0, 0.05) is 37.3 Å². The maximum Gasteiger partial charge on any atom is 0.0703 e. The molecule has 3 heteroatoms. The van der Waals surface area contributed by atoms with E-state index in [1.807, 2.05) is 0 Å². The fourth-order valence-corrected chi connectivity index (χ4v) is 3.63. The van der Waals surface area contributed by atoms with Crippen molar-refractivity contribution in [1.29, 1.82) is 0 Å². The fourth-order valence-electron chi connectivity index (χ4n) is 3.63. The molecule has 3 unspecified atom stereocenters. The van der Waals surface area contributed by atoms with E-state index < -0.39 is 0 Å². The summed E-state index contributed by atoms with van der Waals surface area (Å²) in [6.45, 7) is 12.5. The summed E-state index contributed by atoms with van der Waals surface area (Å²) in [7, 11) is 0. The van der Waals surface area contributed by atoms with Gasteiger partial charge in [0.05, 0.1) is 6.10 Å². The van der Waals surface area contributed by atoms with Crippen LogP contribution in [0.1, 0.15) is 53.4 Å². The minimum absolute atomic E-state index is 0.327. The predicted molar refractivity (Wildman–Crippen MR) is 75.9 cm³/mol. The topological polar surface area (TPSA) is 24.5 Å². The molecule has 0 aliphatic carbocycles. The van der Waals surface area contributed by atoms with Crippen LogP contribution in [-0.2, 0) is 4.74 Å². The van der Waals surface area contributed by atoms with Gasteiger partial charge in [-0.15, -0.1) is 0 Å². The molecule has 3 atom stereocenters. The number of hydrogen-bond donors (Lipinski definition) is 1. The van der Waals surface area contributed by atoms with Crippen molar-refractivity contribution in [2.24, 2.45) is 0 Å². The Kier molecular flexibility index (Phi) is 4.68. The average molecular weight is 254 g/mol. The maximum atomic E-state index is 5.78. The molecule has 1 N–H and O–H groups in total. The molecule has 2 rings (SSSR count). The number of nitrogens with one attached hydrogen (secondary N) is 1. The van der Waals surface area contributed by atoms with Crippen LogP contribution in [0.25, 0.3) is 0 Å². The summed E-state index contributed by atoms with van der Waals surface area (Å²) in [5.74, 6) is 0. The molecule has 18 heavy (non-hydrogen) atoms. The van der Waals surface area contributed by atoms with Gasteiger partial charge in [-0.2, -0.15) is 0 Å². The second-order valence-electron chi connectivity index (χ2n) is 6.03. The lowest BCUT2D eigenvalue weighted by atomic mass is 9.86. The van der Waals surface area contributed by atoms with Crippen molar-refractivity contribution in [3.8, 4) is 0 Å². The molecule has 2 aliphatic heterocycles. The van der Waals surface area contributed by atoms with Gasteiger partial charge in [0.2, 0.25) is 0 Å². The van der Waals surface area contributed by atoms with Crippen molar-refractivity contribution in [2.75, 3.05) is 19.7 Å². The SMILES string of the molecule is CCC1CNC(CC)(CC)CN1C1CCOC1C. The molecule has 2 fully saturated rings. The van der Waals surface area contributed by atoms with Gasteiger partial charge in [-0.25, -0.2) is 0 Å². The standard InChI is InChI=1S/C15H30N2O/c1-5-13-10-16-15(6-2,7-3)11-17(13)14-8-9-18-12(14)4/h12-14,16H,5-11H2,1-4H3. The van der Waals surface area contributed by atoms with Crippen LogP contribution in [0.15, 0.2) is 0 Å². The molecule has 0 saturated carbocycles. The lowest BCUT2D eigenvalue weighted by Crippen LogP contribution is -2.66. The molecular formula is C15H30N2O. The van der Waals surface area contributed by atoms with E-state index in [4.69, 9.17) is 4.74 Å². The van der Waals surface area contributed by atoms with E-state index in [9.17, 15) is 0 Å². The molecule has 2 heterocycles. The third-order valence-electron chi connectivity index (χ3n) is 5.25. The molecule has 2 aliphatic rings. The molecule has 0 aromatic carbocycles. The van der Waals surface area contributed by atoms with Crippen LogP contribution in [0.5, 0.6) is 0 Å². The van der Waals surface area contributed by atoms with Gasteiger partial charge < -0.3 is 10.1 Å². The van der Waals surface area contributed by atoms with Crippen molar-refractivity contribution < 1.29 is 4.74 Å². The third-order valence-corrected chi connectivity index (χ3v) is 5.25.